The maximum absolute atomic E-state index is 13.6. The van der Waals surface area contributed by atoms with E-state index in [4.69, 9.17) is 14.5 Å². The van der Waals surface area contributed by atoms with Gasteiger partial charge in [-0.1, -0.05) is 28.8 Å². The number of carbonyl (C=O) groups excluding carboxylic acids is 4. The number of thiazole rings is 1. The van der Waals surface area contributed by atoms with Crippen molar-refractivity contribution in [3.05, 3.63) is 84.8 Å². The number of hydrogen-bond donors (Lipinski definition) is 4. The van der Waals surface area contributed by atoms with Crippen LogP contribution in [0.4, 0.5) is 28.3 Å². The number of halogens is 1. The standard InChI is InChI=1S/C45H54BrN11O7S/c1-27-35-25-49-44(53-41(35)57(32-7-5-6-8-32)43(62)40(27)29(3)58)52-37-12-10-33(24-48-37)56-17-15-55(16-18-56)26-39(60)47-14-20-64-22-21-63-19-13-38(59)51-36-23-31(46)9-11-34(36)42(61)54-45-50-28(2)30(4)65-45/h9-12,23-25,32H,5-8,13-22,26H2,1-4H3,(H,47,60)(H,51,59)(H,50,54,61)(H,48,49,52,53). The van der Waals surface area contributed by atoms with Crippen LogP contribution in [-0.4, -0.2) is 119 Å². The molecule has 4 N–H and O–H groups in total. The molecule has 1 saturated heterocycles. The normalized spacial score (nSPS) is 14.4. The van der Waals surface area contributed by atoms with E-state index in [0.717, 1.165) is 55.0 Å². The number of rotatable bonds is 19. The van der Waals surface area contributed by atoms with Gasteiger partial charge in [-0.25, -0.2) is 15.0 Å². The van der Waals surface area contributed by atoms with Crippen LogP contribution in [0.5, 0.6) is 0 Å². The van der Waals surface area contributed by atoms with E-state index >= 15 is 0 Å². The molecule has 1 aliphatic heterocycles. The van der Waals surface area contributed by atoms with Crippen LogP contribution in [0.15, 0.2) is 52.0 Å². The van der Waals surface area contributed by atoms with Crippen molar-refractivity contribution in [2.24, 2.45) is 0 Å². The first kappa shape index (κ1) is 47.3. The second kappa shape index (κ2) is 22.0. The Hall–Kier alpha value is -5.67. The SMILES string of the molecule is CC(=O)c1c(C)c2cnc(Nc3ccc(N4CCN(CC(=O)NCCOCCOCCC(=O)Nc5cc(Br)ccc5C(=O)Nc5nc(C)c(C)s5)CC4)cn3)nc2n(C2CCCC2)c1=O. The molecule has 20 heteroatoms. The smallest absolute Gasteiger partial charge is 0.263 e. The van der Waals surface area contributed by atoms with Crippen LogP contribution in [-0.2, 0) is 19.1 Å². The predicted octanol–water partition coefficient (Wildman–Crippen LogP) is 5.94. The lowest BCUT2D eigenvalue weighted by Gasteiger charge is -2.35. The first-order valence-electron chi connectivity index (χ1n) is 21.7. The molecule has 5 aromatic rings. The lowest BCUT2D eigenvalue weighted by atomic mass is 10.0. The molecule has 2 fully saturated rings. The van der Waals surface area contributed by atoms with Gasteiger partial charge in [0.1, 0.15) is 11.5 Å². The van der Waals surface area contributed by atoms with Crippen molar-refractivity contribution >= 4 is 90.1 Å². The highest BCUT2D eigenvalue weighted by Gasteiger charge is 2.26. The summed E-state index contributed by atoms with van der Waals surface area (Å²) < 4.78 is 13.6. The number of fused-ring (bicyclic) bond motifs is 1. The Labute approximate surface area is 389 Å². The van der Waals surface area contributed by atoms with Crippen LogP contribution < -0.4 is 31.7 Å². The third-order valence-electron chi connectivity index (χ3n) is 11.5. The number of hydrogen-bond acceptors (Lipinski definition) is 15. The highest BCUT2D eigenvalue weighted by atomic mass is 79.9. The Bertz CT molecular complexity index is 2570. The highest BCUT2D eigenvalue weighted by molar-refractivity contribution is 9.10. The average Bonchev–Trinajstić information content (AvgIpc) is 3.92. The zero-order valence-electron chi connectivity index (χ0n) is 37.0. The van der Waals surface area contributed by atoms with E-state index in [2.05, 4.69) is 61.9 Å². The first-order valence-corrected chi connectivity index (χ1v) is 23.4. The molecular weight excluding hydrogens is 919 g/mol. The van der Waals surface area contributed by atoms with E-state index < -0.39 is 0 Å². The van der Waals surface area contributed by atoms with Gasteiger partial charge >= 0.3 is 0 Å². The molecule has 5 heterocycles. The number of amides is 3. The quantitative estimate of drug-likeness (QED) is 0.0557. The Morgan fingerprint density at radius 3 is 2.32 bits per heavy atom. The Morgan fingerprint density at radius 2 is 1.63 bits per heavy atom. The van der Waals surface area contributed by atoms with Crippen molar-refractivity contribution < 1.29 is 28.7 Å². The summed E-state index contributed by atoms with van der Waals surface area (Å²) in [6.45, 7) is 11.6. The summed E-state index contributed by atoms with van der Waals surface area (Å²) in [6, 6.07) is 8.88. The van der Waals surface area contributed by atoms with Gasteiger partial charge in [0.05, 0.1) is 73.8 Å². The molecular formula is C45H54BrN11O7S. The molecule has 0 atom stereocenters. The third kappa shape index (κ3) is 12.2. The maximum Gasteiger partial charge on any atom is 0.263 e. The van der Waals surface area contributed by atoms with E-state index in [1.54, 1.807) is 42.1 Å². The average molecular weight is 973 g/mol. The van der Waals surface area contributed by atoms with Crippen LogP contribution in [0, 0.1) is 20.8 Å². The lowest BCUT2D eigenvalue weighted by Crippen LogP contribution is -2.49. The second-order valence-corrected chi connectivity index (χ2v) is 18.2. The van der Waals surface area contributed by atoms with Crippen molar-refractivity contribution in [1.82, 2.24) is 34.7 Å². The van der Waals surface area contributed by atoms with Crippen molar-refractivity contribution in [1.29, 1.82) is 0 Å². The number of ether oxygens (including phenoxy) is 2. The van der Waals surface area contributed by atoms with Gasteiger partial charge in [0.25, 0.3) is 11.5 Å². The molecule has 0 spiro atoms. The minimum Gasteiger partial charge on any atom is -0.379 e. The summed E-state index contributed by atoms with van der Waals surface area (Å²) in [5.74, 6) is -0.130. The van der Waals surface area contributed by atoms with E-state index in [1.807, 2.05) is 26.0 Å². The maximum atomic E-state index is 13.6. The van der Waals surface area contributed by atoms with E-state index in [1.165, 1.54) is 18.3 Å². The number of aryl methyl sites for hydroxylation is 3. The van der Waals surface area contributed by atoms with Crippen LogP contribution in [0.25, 0.3) is 11.0 Å². The predicted molar refractivity (Wildman–Crippen MR) is 254 cm³/mol. The number of piperazine rings is 1. The second-order valence-electron chi connectivity index (χ2n) is 16.1. The van der Waals surface area contributed by atoms with Gasteiger partial charge in [0.2, 0.25) is 17.8 Å². The van der Waals surface area contributed by atoms with Gasteiger partial charge in [0.15, 0.2) is 10.9 Å². The third-order valence-corrected chi connectivity index (χ3v) is 13.0. The van der Waals surface area contributed by atoms with E-state index in [9.17, 15) is 24.0 Å². The van der Waals surface area contributed by atoms with Gasteiger partial charge in [-0.05, 0) is 76.4 Å². The van der Waals surface area contributed by atoms with Gasteiger partial charge in [0, 0.05) is 59.7 Å². The van der Waals surface area contributed by atoms with Crippen molar-refractivity contribution in [2.75, 3.05) is 86.5 Å². The monoisotopic (exact) mass is 971 g/mol. The fraction of sp³-hybridized carbons (Fsp3) is 0.444. The number of ketones is 1. The van der Waals surface area contributed by atoms with Gasteiger partial charge in [-0.2, -0.15) is 4.98 Å². The zero-order valence-corrected chi connectivity index (χ0v) is 39.4. The molecule has 2 aliphatic rings. The number of carbonyl (C=O) groups is 4. The molecule has 18 nitrogen and oxygen atoms in total. The molecule has 1 aromatic carbocycles. The number of Topliss-reactive ketones (excluding diaryl/α,β-unsaturated/α-hetero) is 1. The van der Waals surface area contributed by atoms with Crippen molar-refractivity contribution in [2.45, 2.75) is 65.8 Å². The fourth-order valence-electron chi connectivity index (χ4n) is 7.96. The van der Waals surface area contributed by atoms with Gasteiger partial charge in [-0.15, -0.1) is 11.3 Å². The van der Waals surface area contributed by atoms with Crippen LogP contribution >= 0.6 is 27.3 Å². The summed E-state index contributed by atoms with van der Waals surface area (Å²) in [5, 5.41) is 12.9. The van der Waals surface area contributed by atoms with E-state index in [0.29, 0.717) is 82.1 Å². The number of benzene rings is 1. The molecule has 3 amide bonds. The molecule has 1 aliphatic carbocycles. The minimum absolute atomic E-state index is 0.00752. The fourth-order valence-corrected chi connectivity index (χ4v) is 9.14. The Kier molecular flexibility index (Phi) is 16.0. The Morgan fingerprint density at radius 1 is 0.877 bits per heavy atom. The molecule has 0 bridgehead atoms. The molecule has 65 heavy (non-hydrogen) atoms. The topological polar surface area (TPSA) is 215 Å². The Balaban J connectivity index is 0.768. The number of nitrogens with zero attached hydrogens (tertiary/aromatic N) is 7. The van der Waals surface area contributed by atoms with Gasteiger partial charge in [-0.3, -0.25) is 38.8 Å². The minimum atomic E-state index is -0.371. The van der Waals surface area contributed by atoms with Crippen molar-refractivity contribution in [3.8, 4) is 0 Å². The number of pyridine rings is 2. The van der Waals surface area contributed by atoms with Crippen LogP contribution in [0.2, 0.25) is 0 Å². The highest BCUT2D eigenvalue weighted by Crippen LogP contribution is 2.32. The first-order chi connectivity index (χ1) is 31.3. The zero-order chi connectivity index (χ0) is 46.0. The molecule has 0 radical (unpaired) electrons. The number of aromatic nitrogens is 5. The molecule has 7 rings (SSSR count). The molecule has 4 aromatic heterocycles. The van der Waals surface area contributed by atoms with Gasteiger partial charge < -0.3 is 30.3 Å². The van der Waals surface area contributed by atoms with Crippen LogP contribution in [0.3, 0.4) is 0 Å². The van der Waals surface area contributed by atoms with Crippen molar-refractivity contribution in [3.63, 3.8) is 0 Å². The van der Waals surface area contributed by atoms with E-state index in [-0.39, 0.29) is 66.8 Å². The molecule has 0 unspecified atom stereocenters. The molecule has 1 saturated carbocycles. The summed E-state index contributed by atoms with van der Waals surface area (Å²) in [5.41, 5.74) is 3.53. The lowest BCUT2D eigenvalue weighted by molar-refractivity contribution is -0.122. The molecule has 344 valence electrons. The summed E-state index contributed by atoms with van der Waals surface area (Å²) in [4.78, 5) is 87.9. The van der Waals surface area contributed by atoms with Crippen LogP contribution in [0.1, 0.15) is 81.9 Å². The number of nitrogens with one attached hydrogen (secondary N) is 4. The summed E-state index contributed by atoms with van der Waals surface area (Å²) >= 11 is 4.79. The summed E-state index contributed by atoms with van der Waals surface area (Å²) in [7, 11) is 0. The number of anilines is 5. The largest absolute Gasteiger partial charge is 0.379 e. The summed E-state index contributed by atoms with van der Waals surface area (Å²) in [6.07, 6.45) is 7.34.